The number of benzene rings is 1. The van der Waals surface area contributed by atoms with Crippen LogP contribution in [0.15, 0.2) is 29.4 Å². The van der Waals surface area contributed by atoms with Crippen LogP contribution in [0.25, 0.3) is 10.2 Å². The number of ether oxygens (including phenoxy) is 1. The molecule has 1 saturated heterocycles. The Balaban J connectivity index is 1.21. The third-order valence-electron chi connectivity index (χ3n) is 5.68. The standard InChI is InChI=1S/C22H25N5O2S2/c23-20-19-16-3-1-2-4-17(16)31-21(19)26-22(25-20)30-13-18(28)24-14-5-7-15(8-6-14)27-9-11-29-12-10-27/h5-8H,1-4,9-13H2,(H,24,28)(H2,23,25,26). The topological polar surface area (TPSA) is 93.4 Å². The van der Waals surface area contributed by atoms with Crippen molar-refractivity contribution in [3.8, 4) is 0 Å². The highest BCUT2D eigenvalue weighted by molar-refractivity contribution is 7.99. The summed E-state index contributed by atoms with van der Waals surface area (Å²) in [4.78, 5) is 26.2. The van der Waals surface area contributed by atoms with Crippen LogP contribution in [0.2, 0.25) is 0 Å². The van der Waals surface area contributed by atoms with E-state index in [0.717, 1.165) is 60.7 Å². The van der Waals surface area contributed by atoms with Gasteiger partial charge in [0.25, 0.3) is 0 Å². The molecule has 0 atom stereocenters. The Labute approximate surface area is 189 Å². The van der Waals surface area contributed by atoms with Crippen LogP contribution in [0, 0.1) is 0 Å². The number of nitrogens with one attached hydrogen (secondary N) is 1. The maximum atomic E-state index is 12.4. The Hall–Kier alpha value is -2.36. The quantitative estimate of drug-likeness (QED) is 0.447. The fourth-order valence-electron chi connectivity index (χ4n) is 4.13. The van der Waals surface area contributed by atoms with E-state index in [4.69, 9.17) is 10.5 Å². The molecular weight excluding hydrogens is 430 g/mol. The maximum Gasteiger partial charge on any atom is 0.234 e. The Morgan fingerprint density at radius 2 is 1.94 bits per heavy atom. The number of aromatic nitrogens is 2. The summed E-state index contributed by atoms with van der Waals surface area (Å²) in [6.45, 7) is 3.29. The first-order chi connectivity index (χ1) is 15.2. The van der Waals surface area contributed by atoms with Crippen LogP contribution in [0.3, 0.4) is 0 Å². The molecule has 9 heteroatoms. The minimum absolute atomic E-state index is 0.0862. The van der Waals surface area contributed by atoms with Gasteiger partial charge in [0.1, 0.15) is 10.6 Å². The number of nitrogens with two attached hydrogens (primary N) is 1. The van der Waals surface area contributed by atoms with Gasteiger partial charge in [-0.25, -0.2) is 9.97 Å². The molecule has 5 rings (SSSR count). The van der Waals surface area contributed by atoms with Gasteiger partial charge in [0, 0.05) is 29.3 Å². The van der Waals surface area contributed by atoms with E-state index in [-0.39, 0.29) is 11.7 Å². The molecule has 1 fully saturated rings. The lowest BCUT2D eigenvalue weighted by Crippen LogP contribution is -2.36. The molecule has 0 radical (unpaired) electrons. The van der Waals surface area contributed by atoms with E-state index in [1.165, 1.54) is 35.0 Å². The van der Waals surface area contributed by atoms with Crippen molar-refractivity contribution in [2.75, 3.05) is 48.0 Å². The average molecular weight is 456 g/mol. The van der Waals surface area contributed by atoms with E-state index in [1.807, 2.05) is 24.3 Å². The molecule has 0 spiro atoms. The number of amides is 1. The molecule has 2 aliphatic rings. The van der Waals surface area contributed by atoms with E-state index >= 15 is 0 Å². The number of aryl methyl sites for hydroxylation is 2. The Morgan fingerprint density at radius 1 is 1.16 bits per heavy atom. The summed E-state index contributed by atoms with van der Waals surface area (Å²) < 4.78 is 5.39. The van der Waals surface area contributed by atoms with Crippen molar-refractivity contribution in [1.82, 2.24) is 9.97 Å². The summed E-state index contributed by atoms with van der Waals surface area (Å²) >= 11 is 3.04. The monoisotopic (exact) mass is 455 g/mol. The van der Waals surface area contributed by atoms with Crippen LogP contribution < -0.4 is 16.0 Å². The number of hydrogen-bond donors (Lipinski definition) is 2. The zero-order valence-electron chi connectivity index (χ0n) is 17.2. The molecule has 7 nitrogen and oxygen atoms in total. The lowest BCUT2D eigenvalue weighted by Gasteiger charge is -2.28. The summed E-state index contributed by atoms with van der Waals surface area (Å²) in [5.41, 5.74) is 9.52. The molecule has 3 aromatic rings. The first kappa shape index (κ1) is 20.5. The maximum absolute atomic E-state index is 12.4. The molecular formula is C22H25N5O2S2. The smallest absolute Gasteiger partial charge is 0.234 e. The van der Waals surface area contributed by atoms with Gasteiger partial charge in [-0.15, -0.1) is 11.3 Å². The molecule has 1 aliphatic heterocycles. The van der Waals surface area contributed by atoms with E-state index in [1.54, 1.807) is 11.3 Å². The Bertz CT molecular complexity index is 1090. The van der Waals surface area contributed by atoms with Crippen molar-refractivity contribution in [2.24, 2.45) is 0 Å². The third kappa shape index (κ3) is 4.49. The van der Waals surface area contributed by atoms with Crippen molar-refractivity contribution in [3.05, 3.63) is 34.7 Å². The number of nitrogens with zero attached hydrogens (tertiary/aromatic N) is 3. The van der Waals surface area contributed by atoms with Gasteiger partial charge in [-0.3, -0.25) is 4.79 Å². The Kier molecular flexibility index (Phi) is 5.97. The van der Waals surface area contributed by atoms with Crippen molar-refractivity contribution >= 4 is 56.4 Å². The average Bonchev–Trinajstić information content (AvgIpc) is 3.18. The summed E-state index contributed by atoms with van der Waals surface area (Å²) in [6.07, 6.45) is 4.58. The minimum Gasteiger partial charge on any atom is -0.383 e. The number of fused-ring (bicyclic) bond motifs is 3. The van der Waals surface area contributed by atoms with Crippen molar-refractivity contribution in [2.45, 2.75) is 30.8 Å². The number of hydrogen-bond acceptors (Lipinski definition) is 8. The lowest BCUT2D eigenvalue weighted by molar-refractivity contribution is -0.113. The molecule has 1 aliphatic carbocycles. The van der Waals surface area contributed by atoms with Crippen LogP contribution in [0.1, 0.15) is 23.3 Å². The molecule has 2 aromatic heterocycles. The second-order valence-electron chi connectivity index (χ2n) is 7.77. The molecule has 1 aromatic carbocycles. The summed E-state index contributed by atoms with van der Waals surface area (Å²) in [5, 5.41) is 4.53. The second kappa shape index (κ2) is 9.02. The SMILES string of the molecule is Nc1nc(SCC(=O)Nc2ccc(N3CCOCC3)cc2)nc2sc3c(c12)CCCC3. The van der Waals surface area contributed by atoms with Crippen LogP contribution in [0.5, 0.6) is 0 Å². The number of carbonyl (C=O) groups is 1. The molecule has 3 heterocycles. The third-order valence-corrected chi connectivity index (χ3v) is 7.71. The minimum atomic E-state index is -0.0862. The normalized spacial score (nSPS) is 16.3. The van der Waals surface area contributed by atoms with Crippen molar-refractivity contribution in [3.63, 3.8) is 0 Å². The number of carbonyl (C=O) groups excluding carboxylic acids is 1. The van der Waals surface area contributed by atoms with E-state index in [9.17, 15) is 4.79 Å². The largest absolute Gasteiger partial charge is 0.383 e. The van der Waals surface area contributed by atoms with Gasteiger partial charge in [0.05, 0.1) is 24.4 Å². The molecule has 162 valence electrons. The summed E-state index contributed by atoms with van der Waals surface area (Å²) in [7, 11) is 0. The molecule has 0 unspecified atom stereocenters. The van der Waals surface area contributed by atoms with Gasteiger partial charge in [0.15, 0.2) is 5.16 Å². The number of thiophene rings is 1. The van der Waals surface area contributed by atoms with Crippen LogP contribution >= 0.6 is 23.1 Å². The fourth-order valence-corrected chi connectivity index (χ4v) is 6.11. The number of nitrogen functional groups attached to an aromatic ring is 1. The highest BCUT2D eigenvalue weighted by atomic mass is 32.2. The molecule has 0 saturated carbocycles. The van der Waals surface area contributed by atoms with E-state index < -0.39 is 0 Å². The van der Waals surface area contributed by atoms with Gasteiger partial charge in [-0.1, -0.05) is 11.8 Å². The van der Waals surface area contributed by atoms with Gasteiger partial charge in [-0.2, -0.15) is 0 Å². The highest BCUT2D eigenvalue weighted by Crippen LogP contribution is 2.38. The van der Waals surface area contributed by atoms with Gasteiger partial charge in [0.2, 0.25) is 5.91 Å². The number of morpholine rings is 1. The van der Waals surface area contributed by atoms with Gasteiger partial charge in [-0.05, 0) is 55.5 Å². The zero-order chi connectivity index (χ0) is 21.2. The van der Waals surface area contributed by atoms with Gasteiger partial charge >= 0.3 is 0 Å². The predicted octanol–water partition coefficient (Wildman–Crippen LogP) is 3.72. The summed E-state index contributed by atoms with van der Waals surface area (Å²) in [5.74, 6) is 0.684. The van der Waals surface area contributed by atoms with Crippen LogP contribution in [0.4, 0.5) is 17.2 Å². The predicted molar refractivity (Wildman–Crippen MR) is 127 cm³/mol. The number of rotatable bonds is 5. The number of anilines is 3. The van der Waals surface area contributed by atoms with Crippen molar-refractivity contribution < 1.29 is 9.53 Å². The number of thioether (sulfide) groups is 1. The fraction of sp³-hybridized carbons (Fsp3) is 0.409. The molecule has 3 N–H and O–H groups in total. The highest BCUT2D eigenvalue weighted by Gasteiger charge is 2.20. The Morgan fingerprint density at radius 3 is 2.74 bits per heavy atom. The first-order valence-corrected chi connectivity index (χ1v) is 12.4. The summed E-state index contributed by atoms with van der Waals surface area (Å²) in [6, 6.07) is 7.93. The molecule has 0 bridgehead atoms. The molecule has 31 heavy (non-hydrogen) atoms. The van der Waals surface area contributed by atoms with E-state index in [2.05, 4.69) is 20.2 Å². The second-order valence-corrected chi connectivity index (χ2v) is 9.79. The van der Waals surface area contributed by atoms with E-state index in [0.29, 0.717) is 11.0 Å². The first-order valence-electron chi connectivity index (χ1n) is 10.6. The van der Waals surface area contributed by atoms with Crippen LogP contribution in [-0.4, -0.2) is 47.9 Å². The molecule has 1 amide bonds. The van der Waals surface area contributed by atoms with Crippen molar-refractivity contribution in [1.29, 1.82) is 0 Å². The zero-order valence-corrected chi connectivity index (χ0v) is 18.9. The lowest BCUT2D eigenvalue weighted by atomic mass is 9.97. The van der Waals surface area contributed by atoms with Gasteiger partial charge < -0.3 is 20.7 Å². The van der Waals surface area contributed by atoms with Crippen LogP contribution in [-0.2, 0) is 22.4 Å².